The normalized spacial score (nSPS) is 19.7. The minimum Gasteiger partial charge on any atom is -0.295 e. The van der Waals surface area contributed by atoms with Gasteiger partial charge in [-0.3, -0.25) is 4.79 Å². The van der Waals surface area contributed by atoms with Crippen LogP contribution in [0.3, 0.4) is 0 Å². The van der Waals surface area contributed by atoms with Gasteiger partial charge in [-0.05, 0) is 46.4 Å². The smallest absolute Gasteiger partial charge is 0.159 e. The van der Waals surface area contributed by atoms with Gasteiger partial charge in [-0.15, -0.1) is 0 Å². The zero-order chi connectivity index (χ0) is 15.6. The molecule has 0 saturated carbocycles. The van der Waals surface area contributed by atoms with Crippen LogP contribution in [0.4, 0.5) is 0 Å². The van der Waals surface area contributed by atoms with E-state index in [4.69, 9.17) is 0 Å². The summed E-state index contributed by atoms with van der Waals surface area (Å²) in [5.74, 6) is 0.681. The summed E-state index contributed by atoms with van der Waals surface area (Å²) < 4.78 is 0. The Morgan fingerprint density at radius 1 is 0.652 bits per heavy atom. The van der Waals surface area contributed by atoms with Crippen molar-refractivity contribution in [3.63, 3.8) is 0 Å². The van der Waals surface area contributed by atoms with E-state index in [1.807, 2.05) is 6.07 Å². The number of rotatable bonds is 1. The first kappa shape index (κ1) is 12.8. The molecule has 0 aromatic heterocycles. The van der Waals surface area contributed by atoms with E-state index in [-0.39, 0.29) is 11.7 Å². The van der Waals surface area contributed by atoms with Crippen molar-refractivity contribution in [1.82, 2.24) is 0 Å². The molecule has 0 N–H and O–H groups in total. The van der Waals surface area contributed by atoms with Crippen LogP contribution in [-0.2, 0) is 0 Å². The summed E-state index contributed by atoms with van der Waals surface area (Å²) in [6.07, 6.45) is 0. The maximum Gasteiger partial charge on any atom is 0.159 e. The molecule has 3 aromatic carbocycles. The first-order valence-electron chi connectivity index (χ1n) is 8.08. The third-order valence-corrected chi connectivity index (χ3v) is 5.35. The fourth-order valence-corrected chi connectivity index (χ4v) is 4.39. The van der Waals surface area contributed by atoms with Gasteiger partial charge in [0, 0.05) is 17.4 Å². The minimum atomic E-state index is 0.135. The van der Waals surface area contributed by atoms with Gasteiger partial charge in [0.2, 0.25) is 0 Å². The Bertz CT molecular complexity index is 920. The van der Waals surface area contributed by atoms with Gasteiger partial charge < -0.3 is 0 Å². The van der Waals surface area contributed by atoms with Crippen LogP contribution in [0.25, 0.3) is 0 Å². The summed E-state index contributed by atoms with van der Waals surface area (Å²) in [7, 11) is 0. The molecule has 1 nitrogen and oxygen atoms in total. The van der Waals surface area contributed by atoms with Crippen molar-refractivity contribution in [1.29, 1.82) is 0 Å². The van der Waals surface area contributed by atoms with E-state index >= 15 is 0 Å². The van der Waals surface area contributed by atoms with Gasteiger partial charge in [-0.25, -0.2) is 0 Å². The molecule has 1 heteroatoms. The van der Waals surface area contributed by atoms with Crippen molar-refractivity contribution >= 4 is 5.78 Å². The van der Waals surface area contributed by atoms with Gasteiger partial charge in [0.05, 0.1) is 0 Å². The third kappa shape index (κ3) is 1.60. The van der Waals surface area contributed by atoms with Crippen molar-refractivity contribution in [2.45, 2.75) is 18.8 Å². The highest BCUT2D eigenvalue weighted by atomic mass is 16.1. The first-order valence-corrected chi connectivity index (χ1v) is 8.08. The summed E-state index contributed by atoms with van der Waals surface area (Å²) in [6.45, 7) is 1.64. The van der Waals surface area contributed by atoms with E-state index in [0.29, 0.717) is 5.92 Å². The molecule has 23 heavy (non-hydrogen) atoms. The summed E-state index contributed by atoms with van der Waals surface area (Å²) in [5, 5.41) is 0. The summed E-state index contributed by atoms with van der Waals surface area (Å²) >= 11 is 0. The maximum atomic E-state index is 11.8. The van der Waals surface area contributed by atoms with Crippen LogP contribution < -0.4 is 0 Å². The molecular weight excluding hydrogens is 280 g/mol. The number of carbonyl (C=O) groups excluding carboxylic acids is 1. The van der Waals surface area contributed by atoms with Gasteiger partial charge in [0.25, 0.3) is 0 Å². The largest absolute Gasteiger partial charge is 0.295 e. The third-order valence-electron chi connectivity index (χ3n) is 5.35. The fourth-order valence-electron chi connectivity index (χ4n) is 4.39. The lowest BCUT2D eigenvalue weighted by Gasteiger charge is -2.42. The van der Waals surface area contributed by atoms with Crippen LogP contribution >= 0.6 is 0 Å². The van der Waals surface area contributed by atoms with Crippen molar-refractivity contribution in [2.75, 3.05) is 0 Å². The van der Waals surface area contributed by atoms with Gasteiger partial charge in [-0.1, -0.05) is 60.7 Å². The summed E-state index contributed by atoms with van der Waals surface area (Å²) in [6, 6.07) is 23.8. The molecule has 0 aliphatic heterocycles. The van der Waals surface area contributed by atoms with Crippen molar-refractivity contribution in [3.8, 4) is 0 Å². The molecule has 6 rings (SSSR count). The zero-order valence-electron chi connectivity index (χ0n) is 12.9. The lowest BCUT2D eigenvalue weighted by atomic mass is 9.61. The predicted octanol–water partition coefficient (Wildman–Crippen LogP) is 4.88. The fraction of sp³-hybridized carbons (Fsp3) is 0.136. The SMILES string of the molecule is CC(=O)c1ccc2c(c1)C1c3ccccc3C2c2ccccc21. The van der Waals surface area contributed by atoms with Crippen molar-refractivity contribution in [3.05, 3.63) is 106 Å². The molecule has 3 aromatic rings. The molecule has 0 unspecified atom stereocenters. The maximum absolute atomic E-state index is 11.8. The molecule has 0 heterocycles. The number of ketones is 1. The highest BCUT2D eigenvalue weighted by molar-refractivity contribution is 5.94. The van der Waals surface area contributed by atoms with Crippen LogP contribution in [0.15, 0.2) is 66.7 Å². The molecule has 0 spiro atoms. The number of carbonyl (C=O) groups is 1. The summed E-state index contributed by atoms with van der Waals surface area (Å²) in [4.78, 5) is 11.8. The highest BCUT2D eigenvalue weighted by Gasteiger charge is 2.40. The van der Waals surface area contributed by atoms with E-state index in [1.165, 1.54) is 33.4 Å². The Morgan fingerprint density at radius 2 is 1.09 bits per heavy atom. The van der Waals surface area contributed by atoms with Crippen molar-refractivity contribution in [2.24, 2.45) is 0 Å². The molecule has 0 saturated heterocycles. The molecule has 3 aliphatic rings. The van der Waals surface area contributed by atoms with Crippen LogP contribution in [0.1, 0.15) is 62.5 Å². The highest BCUT2D eigenvalue weighted by Crippen LogP contribution is 2.55. The Kier molecular flexibility index (Phi) is 2.47. The van der Waals surface area contributed by atoms with Crippen LogP contribution in [0.5, 0.6) is 0 Å². The Balaban J connectivity index is 1.86. The van der Waals surface area contributed by atoms with Crippen LogP contribution in [-0.4, -0.2) is 5.78 Å². The molecule has 0 atom stereocenters. The Hall–Kier alpha value is -2.67. The second-order valence-electron chi connectivity index (χ2n) is 6.52. The molecule has 0 amide bonds. The second kappa shape index (κ2) is 4.42. The van der Waals surface area contributed by atoms with Crippen LogP contribution in [0, 0.1) is 0 Å². The minimum absolute atomic E-state index is 0.135. The lowest BCUT2D eigenvalue weighted by molar-refractivity contribution is 0.101. The average molecular weight is 296 g/mol. The Morgan fingerprint density at radius 3 is 1.57 bits per heavy atom. The first-order chi connectivity index (χ1) is 11.3. The van der Waals surface area contributed by atoms with Gasteiger partial charge in [0.15, 0.2) is 5.78 Å². The molecular formula is C22H16O. The van der Waals surface area contributed by atoms with Crippen LogP contribution in [0.2, 0.25) is 0 Å². The quantitative estimate of drug-likeness (QED) is 0.403. The average Bonchev–Trinajstić information content (AvgIpc) is 2.60. The van der Waals surface area contributed by atoms with E-state index in [9.17, 15) is 4.79 Å². The van der Waals surface area contributed by atoms with Gasteiger partial charge in [-0.2, -0.15) is 0 Å². The van der Waals surface area contributed by atoms with E-state index < -0.39 is 0 Å². The molecule has 2 bridgehead atoms. The predicted molar refractivity (Wildman–Crippen MR) is 91.2 cm³/mol. The number of hydrogen-bond acceptors (Lipinski definition) is 1. The van der Waals surface area contributed by atoms with E-state index in [2.05, 4.69) is 60.7 Å². The molecule has 0 radical (unpaired) electrons. The number of benzene rings is 3. The second-order valence-corrected chi connectivity index (χ2v) is 6.52. The van der Waals surface area contributed by atoms with E-state index in [0.717, 1.165) is 5.56 Å². The lowest BCUT2D eigenvalue weighted by Crippen LogP contribution is -2.27. The molecule has 110 valence electrons. The standard InChI is InChI=1S/C22H16O/c1-13(23)14-10-11-19-20(12-14)22-17-8-4-2-6-15(17)21(19)16-7-3-5-9-18(16)22/h2-12,21-22H,1H3. The summed E-state index contributed by atoms with van der Waals surface area (Å²) in [5.41, 5.74) is 9.09. The molecule has 0 fully saturated rings. The zero-order valence-corrected chi connectivity index (χ0v) is 12.9. The van der Waals surface area contributed by atoms with Gasteiger partial charge >= 0.3 is 0 Å². The molecule has 3 aliphatic carbocycles. The van der Waals surface area contributed by atoms with Crippen molar-refractivity contribution < 1.29 is 4.79 Å². The Labute approximate surface area is 135 Å². The number of Topliss-reactive ketones (excluding diaryl/α,β-unsaturated/α-hetero) is 1. The number of hydrogen-bond donors (Lipinski definition) is 0. The monoisotopic (exact) mass is 296 g/mol. The van der Waals surface area contributed by atoms with Gasteiger partial charge in [0.1, 0.15) is 0 Å². The van der Waals surface area contributed by atoms with E-state index in [1.54, 1.807) is 6.92 Å². The topological polar surface area (TPSA) is 17.1 Å².